The van der Waals surface area contributed by atoms with Crippen LogP contribution in [-0.4, -0.2) is 0 Å². The first kappa shape index (κ1) is 13.5. The van der Waals surface area contributed by atoms with Crippen LogP contribution in [0.2, 0.25) is 0 Å². The third kappa shape index (κ3) is 3.50. The van der Waals surface area contributed by atoms with E-state index in [2.05, 4.69) is 32.9 Å². The lowest BCUT2D eigenvalue weighted by molar-refractivity contribution is 0.481. The van der Waals surface area contributed by atoms with E-state index in [4.69, 9.17) is 10.5 Å². The van der Waals surface area contributed by atoms with Gasteiger partial charge in [-0.3, -0.25) is 0 Å². The van der Waals surface area contributed by atoms with Crippen molar-refractivity contribution < 1.29 is 4.74 Å². The van der Waals surface area contributed by atoms with Crippen molar-refractivity contribution in [2.45, 2.75) is 33.1 Å². The molecule has 0 atom stereocenters. The fraction of sp³-hybridized carbons (Fsp3) is 0.294. The SMILES string of the molecule is Cc1cc(N)cc(Oc2ccc(C(C)(C)C)cc2)c1. The largest absolute Gasteiger partial charge is 0.457 e. The molecule has 19 heavy (non-hydrogen) atoms. The Morgan fingerprint density at radius 1 is 0.895 bits per heavy atom. The van der Waals surface area contributed by atoms with Crippen LogP contribution in [0.1, 0.15) is 31.9 Å². The van der Waals surface area contributed by atoms with Gasteiger partial charge in [-0.05, 0) is 47.7 Å². The normalized spacial score (nSPS) is 11.4. The number of rotatable bonds is 2. The summed E-state index contributed by atoms with van der Waals surface area (Å²) in [5.74, 6) is 1.61. The maximum Gasteiger partial charge on any atom is 0.129 e. The predicted octanol–water partition coefficient (Wildman–Crippen LogP) is 4.67. The minimum atomic E-state index is 0.159. The van der Waals surface area contributed by atoms with Crippen molar-refractivity contribution in [2.75, 3.05) is 5.73 Å². The summed E-state index contributed by atoms with van der Waals surface area (Å²) in [6, 6.07) is 14.0. The van der Waals surface area contributed by atoms with E-state index in [9.17, 15) is 0 Å². The summed E-state index contributed by atoms with van der Waals surface area (Å²) in [6.07, 6.45) is 0. The maximum atomic E-state index is 5.83. The monoisotopic (exact) mass is 255 g/mol. The number of hydrogen-bond acceptors (Lipinski definition) is 2. The Kier molecular flexibility index (Phi) is 3.52. The molecule has 2 aromatic carbocycles. The first-order valence-corrected chi connectivity index (χ1v) is 6.50. The van der Waals surface area contributed by atoms with Crippen molar-refractivity contribution >= 4 is 5.69 Å². The Morgan fingerprint density at radius 3 is 2.05 bits per heavy atom. The van der Waals surface area contributed by atoms with Crippen LogP contribution in [0.25, 0.3) is 0 Å². The molecule has 0 saturated heterocycles. The van der Waals surface area contributed by atoms with E-state index in [1.807, 2.05) is 37.3 Å². The van der Waals surface area contributed by atoms with Crippen LogP contribution in [0.15, 0.2) is 42.5 Å². The zero-order valence-electron chi connectivity index (χ0n) is 12.0. The van der Waals surface area contributed by atoms with Gasteiger partial charge in [-0.25, -0.2) is 0 Å². The Bertz CT molecular complexity index is 545. The molecular formula is C17H21NO. The number of aryl methyl sites for hydroxylation is 1. The summed E-state index contributed by atoms with van der Waals surface area (Å²) in [7, 11) is 0. The standard InChI is InChI=1S/C17H21NO/c1-12-9-14(18)11-16(10-12)19-15-7-5-13(6-8-15)17(2,3)4/h5-11H,18H2,1-4H3. The average molecular weight is 255 g/mol. The molecular weight excluding hydrogens is 234 g/mol. The van der Waals surface area contributed by atoms with Gasteiger partial charge in [-0.15, -0.1) is 0 Å². The molecule has 2 rings (SSSR count). The van der Waals surface area contributed by atoms with E-state index in [1.54, 1.807) is 0 Å². The lowest BCUT2D eigenvalue weighted by Crippen LogP contribution is -2.10. The molecule has 2 heteroatoms. The number of nitrogen functional groups attached to an aromatic ring is 1. The second-order valence-electron chi connectivity index (χ2n) is 5.96. The maximum absolute atomic E-state index is 5.83. The molecule has 0 fully saturated rings. The lowest BCUT2D eigenvalue weighted by Gasteiger charge is -2.19. The van der Waals surface area contributed by atoms with Gasteiger partial charge < -0.3 is 10.5 Å². The van der Waals surface area contributed by atoms with E-state index in [1.165, 1.54) is 5.56 Å². The average Bonchev–Trinajstić information content (AvgIpc) is 2.26. The van der Waals surface area contributed by atoms with Crippen molar-refractivity contribution in [1.29, 1.82) is 0 Å². The summed E-state index contributed by atoms with van der Waals surface area (Å²) in [5, 5.41) is 0. The van der Waals surface area contributed by atoms with Crippen molar-refractivity contribution in [3.05, 3.63) is 53.6 Å². The highest BCUT2D eigenvalue weighted by Crippen LogP contribution is 2.28. The second kappa shape index (κ2) is 4.96. The smallest absolute Gasteiger partial charge is 0.129 e. The Labute approximate surface area is 115 Å². The summed E-state index contributed by atoms with van der Waals surface area (Å²) >= 11 is 0. The molecule has 0 spiro atoms. The molecule has 0 aliphatic carbocycles. The highest BCUT2D eigenvalue weighted by atomic mass is 16.5. The highest BCUT2D eigenvalue weighted by molar-refractivity contribution is 5.48. The van der Waals surface area contributed by atoms with Crippen LogP contribution in [0.3, 0.4) is 0 Å². The second-order valence-corrected chi connectivity index (χ2v) is 5.96. The van der Waals surface area contributed by atoms with Gasteiger partial charge in [-0.2, -0.15) is 0 Å². The number of benzene rings is 2. The van der Waals surface area contributed by atoms with Gasteiger partial charge in [0.2, 0.25) is 0 Å². The molecule has 2 N–H and O–H groups in total. The third-order valence-corrected chi connectivity index (χ3v) is 3.03. The fourth-order valence-electron chi connectivity index (χ4n) is 1.99. The topological polar surface area (TPSA) is 35.2 Å². The van der Waals surface area contributed by atoms with Crippen LogP contribution in [-0.2, 0) is 5.41 Å². The first-order chi connectivity index (χ1) is 8.84. The van der Waals surface area contributed by atoms with Crippen LogP contribution < -0.4 is 10.5 Å². The van der Waals surface area contributed by atoms with E-state index >= 15 is 0 Å². The minimum absolute atomic E-state index is 0.159. The Balaban J connectivity index is 2.20. The van der Waals surface area contributed by atoms with Crippen molar-refractivity contribution in [1.82, 2.24) is 0 Å². The minimum Gasteiger partial charge on any atom is -0.457 e. The highest BCUT2D eigenvalue weighted by Gasteiger charge is 2.13. The molecule has 0 unspecified atom stereocenters. The van der Waals surface area contributed by atoms with Crippen molar-refractivity contribution in [3.8, 4) is 11.5 Å². The summed E-state index contributed by atoms with van der Waals surface area (Å²) in [6.45, 7) is 8.60. The molecule has 0 saturated carbocycles. The van der Waals surface area contributed by atoms with E-state index in [0.29, 0.717) is 0 Å². The summed E-state index contributed by atoms with van der Waals surface area (Å²) < 4.78 is 5.83. The molecule has 100 valence electrons. The molecule has 2 nitrogen and oxygen atoms in total. The fourth-order valence-corrected chi connectivity index (χ4v) is 1.99. The number of ether oxygens (including phenoxy) is 1. The van der Waals surface area contributed by atoms with Crippen LogP contribution in [0.5, 0.6) is 11.5 Å². The molecule has 0 heterocycles. The molecule has 0 aliphatic rings. The Morgan fingerprint density at radius 2 is 1.53 bits per heavy atom. The number of hydrogen-bond donors (Lipinski definition) is 1. The summed E-state index contributed by atoms with van der Waals surface area (Å²) in [5.41, 5.74) is 9.09. The van der Waals surface area contributed by atoms with Gasteiger partial charge in [0.1, 0.15) is 11.5 Å². The zero-order chi connectivity index (χ0) is 14.0. The van der Waals surface area contributed by atoms with Gasteiger partial charge in [0.25, 0.3) is 0 Å². The van der Waals surface area contributed by atoms with Gasteiger partial charge in [0, 0.05) is 11.8 Å². The molecule has 0 aliphatic heterocycles. The van der Waals surface area contributed by atoms with Gasteiger partial charge >= 0.3 is 0 Å². The van der Waals surface area contributed by atoms with Gasteiger partial charge in [-0.1, -0.05) is 32.9 Å². The van der Waals surface area contributed by atoms with Crippen LogP contribution >= 0.6 is 0 Å². The quantitative estimate of drug-likeness (QED) is 0.792. The van der Waals surface area contributed by atoms with E-state index in [-0.39, 0.29) is 5.41 Å². The van der Waals surface area contributed by atoms with Gasteiger partial charge in [0.05, 0.1) is 0 Å². The molecule has 0 amide bonds. The van der Waals surface area contributed by atoms with Crippen molar-refractivity contribution in [2.24, 2.45) is 0 Å². The van der Waals surface area contributed by atoms with Crippen LogP contribution in [0, 0.1) is 6.92 Å². The number of nitrogens with two attached hydrogens (primary N) is 1. The van der Waals surface area contributed by atoms with Gasteiger partial charge in [0.15, 0.2) is 0 Å². The zero-order valence-corrected chi connectivity index (χ0v) is 12.0. The van der Waals surface area contributed by atoms with Crippen LogP contribution in [0.4, 0.5) is 5.69 Å². The molecule has 0 bridgehead atoms. The van der Waals surface area contributed by atoms with Crippen molar-refractivity contribution in [3.63, 3.8) is 0 Å². The lowest BCUT2D eigenvalue weighted by atomic mass is 9.87. The predicted molar refractivity (Wildman–Crippen MR) is 80.8 cm³/mol. The molecule has 2 aromatic rings. The summed E-state index contributed by atoms with van der Waals surface area (Å²) in [4.78, 5) is 0. The third-order valence-electron chi connectivity index (χ3n) is 3.03. The molecule has 0 radical (unpaired) electrons. The first-order valence-electron chi connectivity index (χ1n) is 6.50. The molecule has 0 aromatic heterocycles. The number of anilines is 1. The van der Waals surface area contributed by atoms with E-state index < -0.39 is 0 Å². The Hall–Kier alpha value is -1.96. The van der Waals surface area contributed by atoms with E-state index in [0.717, 1.165) is 22.7 Å².